The van der Waals surface area contributed by atoms with Crippen molar-refractivity contribution < 1.29 is 27.5 Å². The number of rotatable bonds is 8. The van der Waals surface area contributed by atoms with Crippen molar-refractivity contribution in [3.63, 3.8) is 0 Å². The molecular weight excluding hydrogens is 492 g/mol. The number of methoxy groups -OCH3 is 1. The van der Waals surface area contributed by atoms with Gasteiger partial charge in [0.15, 0.2) is 0 Å². The number of fused-ring (bicyclic) bond motifs is 1. The van der Waals surface area contributed by atoms with E-state index < -0.39 is 22.0 Å². The van der Waals surface area contributed by atoms with Crippen LogP contribution in [0.4, 0.5) is 9.80 Å². The van der Waals surface area contributed by atoms with Gasteiger partial charge in [-0.05, 0) is 42.7 Å². The summed E-state index contributed by atoms with van der Waals surface area (Å²) in [6.07, 6.45) is 1.64. The number of ether oxygens (including phenoxy) is 1. The van der Waals surface area contributed by atoms with Gasteiger partial charge in [-0.15, -0.1) is 11.3 Å². The molecule has 0 saturated carbocycles. The molecule has 0 atom stereocenters. The molecule has 1 aliphatic heterocycles. The van der Waals surface area contributed by atoms with Gasteiger partial charge in [-0.2, -0.15) is 0 Å². The standard InChI is InChI=1S/C23H30N4O6S2/c1-5-6-12-26(3)35(31,32)16-9-7-15(8-10-16)20(28)25-22-19(21(29)24-2)17-11-13-27(23(30)33-4)14-18(17)34-22/h7-10H,5-6,11-14H2,1-4H3,(H,24,29)(H,25,28). The van der Waals surface area contributed by atoms with Crippen molar-refractivity contribution >= 4 is 44.3 Å². The smallest absolute Gasteiger partial charge is 0.409 e. The summed E-state index contributed by atoms with van der Waals surface area (Å²) in [4.78, 5) is 39.9. The quantitative estimate of drug-likeness (QED) is 0.549. The van der Waals surface area contributed by atoms with Crippen LogP contribution in [0, 0.1) is 0 Å². The fourth-order valence-corrected chi connectivity index (χ4v) is 6.24. The van der Waals surface area contributed by atoms with Gasteiger partial charge in [0.2, 0.25) is 10.0 Å². The topological polar surface area (TPSA) is 125 Å². The molecule has 0 fully saturated rings. The first kappa shape index (κ1) is 26.6. The van der Waals surface area contributed by atoms with Crippen LogP contribution in [0.3, 0.4) is 0 Å². The molecule has 3 amide bonds. The van der Waals surface area contributed by atoms with Crippen LogP contribution < -0.4 is 10.6 Å². The SMILES string of the molecule is CCCCN(C)S(=O)(=O)c1ccc(C(=O)Nc2sc3c(c2C(=O)NC)CCN(C(=O)OC)C3)cc1. The number of benzene rings is 1. The molecule has 1 aliphatic rings. The zero-order valence-corrected chi connectivity index (χ0v) is 21.8. The summed E-state index contributed by atoms with van der Waals surface area (Å²) in [6, 6.07) is 5.70. The van der Waals surface area contributed by atoms with Gasteiger partial charge in [0.05, 0.1) is 24.1 Å². The maximum Gasteiger partial charge on any atom is 0.409 e. The van der Waals surface area contributed by atoms with E-state index in [2.05, 4.69) is 10.6 Å². The van der Waals surface area contributed by atoms with Crippen molar-refractivity contribution in [2.75, 3.05) is 39.6 Å². The van der Waals surface area contributed by atoms with E-state index in [1.54, 1.807) is 0 Å². The van der Waals surface area contributed by atoms with Crippen LogP contribution in [0.2, 0.25) is 0 Å². The minimum absolute atomic E-state index is 0.105. The lowest BCUT2D eigenvalue weighted by Crippen LogP contribution is -2.35. The van der Waals surface area contributed by atoms with Gasteiger partial charge in [0.25, 0.3) is 11.8 Å². The summed E-state index contributed by atoms with van der Waals surface area (Å²) in [6.45, 7) is 3.09. The molecule has 3 rings (SSSR count). The summed E-state index contributed by atoms with van der Waals surface area (Å²) in [5.74, 6) is -0.803. The zero-order chi connectivity index (χ0) is 25.8. The van der Waals surface area contributed by atoms with Crippen molar-refractivity contribution in [3.8, 4) is 0 Å². The van der Waals surface area contributed by atoms with Gasteiger partial charge in [0.1, 0.15) is 5.00 Å². The minimum atomic E-state index is -3.64. The molecule has 1 aromatic carbocycles. The van der Waals surface area contributed by atoms with E-state index in [0.29, 0.717) is 30.1 Å². The third kappa shape index (κ3) is 5.65. The lowest BCUT2D eigenvalue weighted by atomic mass is 10.0. The number of carbonyl (C=O) groups is 3. The van der Waals surface area contributed by atoms with Crippen LogP contribution in [0.25, 0.3) is 0 Å². The summed E-state index contributed by atoms with van der Waals surface area (Å²) >= 11 is 1.23. The van der Waals surface area contributed by atoms with E-state index in [-0.39, 0.29) is 22.9 Å². The van der Waals surface area contributed by atoms with Crippen LogP contribution in [0.1, 0.15) is 50.9 Å². The van der Waals surface area contributed by atoms with E-state index >= 15 is 0 Å². The number of hydrogen-bond acceptors (Lipinski definition) is 7. The van der Waals surface area contributed by atoms with Gasteiger partial charge >= 0.3 is 6.09 Å². The van der Waals surface area contributed by atoms with Gasteiger partial charge in [0, 0.05) is 37.6 Å². The predicted molar refractivity (Wildman–Crippen MR) is 133 cm³/mol. The van der Waals surface area contributed by atoms with Crippen molar-refractivity contribution in [3.05, 3.63) is 45.8 Å². The molecule has 0 aliphatic carbocycles. The van der Waals surface area contributed by atoms with Crippen LogP contribution in [0.5, 0.6) is 0 Å². The van der Waals surface area contributed by atoms with Gasteiger partial charge in [-0.1, -0.05) is 13.3 Å². The van der Waals surface area contributed by atoms with Crippen molar-refractivity contribution in [2.45, 2.75) is 37.6 Å². The summed E-state index contributed by atoms with van der Waals surface area (Å²) in [7, 11) is 0.717. The molecule has 0 saturated heterocycles. The third-order valence-electron chi connectivity index (χ3n) is 5.82. The van der Waals surface area contributed by atoms with Crippen molar-refractivity contribution in [2.24, 2.45) is 0 Å². The lowest BCUT2D eigenvalue weighted by molar-refractivity contribution is 0.0962. The Labute approximate surface area is 209 Å². The Hall–Kier alpha value is -2.96. The van der Waals surface area contributed by atoms with Crippen molar-refractivity contribution in [1.29, 1.82) is 0 Å². The number of hydrogen-bond donors (Lipinski definition) is 2. The fraction of sp³-hybridized carbons (Fsp3) is 0.435. The highest BCUT2D eigenvalue weighted by atomic mass is 32.2. The second kappa shape index (κ2) is 11.2. The zero-order valence-electron chi connectivity index (χ0n) is 20.2. The second-order valence-electron chi connectivity index (χ2n) is 8.09. The molecule has 12 heteroatoms. The second-order valence-corrected chi connectivity index (χ2v) is 11.2. The molecule has 190 valence electrons. The highest BCUT2D eigenvalue weighted by molar-refractivity contribution is 7.89. The van der Waals surface area contributed by atoms with E-state index in [9.17, 15) is 22.8 Å². The maximum atomic E-state index is 13.0. The van der Waals surface area contributed by atoms with Crippen LogP contribution in [-0.2, 0) is 27.7 Å². The molecular formula is C23H30N4O6S2. The van der Waals surface area contributed by atoms with Gasteiger partial charge < -0.3 is 20.3 Å². The molecule has 2 heterocycles. The Balaban J connectivity index is 1.83. The Morgan fingerprint density at radius 1 is 1.17 bits per heavy atom. The van der Waals surface area contributed by atoms with Crippen LogP contribution >= 0.6 is 11.3 Å². The first-order chi connectivity index (χ1) is 16.6. The van der Waals surface area contributed by atoms with E-state index in [1.165, 1.54) is 66.0 Å². The highest BCUT2D eigenvalue weighted by Gasteiger charge is 2.30. The molecule has 0 radical (unpaired) electrons. The van der Waals surface area contributed by atoms with Crippen molar-refractivity contribution in [1.82, 2.24) is 14.5 Å². The predicted octanol–water partition coefficient (Wildman–Crippen LogP) is 2.91. The molecule has 1 aromatic heterocycles. The molecule has 0 unspecified atom stereocenters. The molecule has 2 aromatic rings. The Morgan fingerprint density at radius 2 is 1.86 bits per heavy atom. The molecule has 10 nitrogen and oxygen atoms in total. The number of unbranched alkanes of at least 4 members (excludes halogenated alkanes) is 1. The van der Waals surface area contributed by atoms with Crippen LogP contribution in [0.15, 0.2) is 29.2 Å². The lowest BCUT2D eigenvalue weighted by Gasteiger charge is -2.25. The van der Waals surface area contributed by atoms with Gasteiger partial charge in [-0.25, -0.2) is 17.5 Å². The average molecular weight is 523 g/mol. The molecule has 0 bridgehead atoms. The van der Waals surface area contributed by atoms with Crippen LogP contribution in [-0.4, -0.2) is 69.8 Å². The maximum absolute atomic E-state index is 13.0. The average Bonchev–Trinajstić information content (AvgIpc) is 3.22. The highest BCUT2D eigenvalue weighted by Crippen LogP contribution is 2.37. The number of nitrogens with one attached hydrogen (secondary N) is 2. The van der Waals surface area contributed by atoms with Gasteiger partial charge in [-0.3, -0.25) is 9.59 Å². The summed E-state index contributed by atoms with van der Waals surface area (Å²) in [5.41, 5.74) is 1.43. The van der Waals surface area contributed by atoms with E-state index in [1.807, 2.05) is 6.92 Å². The largest absolute Gasteiger partial charge is 0.453 e. The number of thiophene rings is 1. The summed E-state index contributed by atoms with van der Waals surface area (Å²) < 4.78 is 31.5. The minimum Gasteiger partial charge on any atom is -0.453 e. The number of nitrogens with zero attached hydrogens (tertiary/aromatic N) is 2. The number of carbonyl (C=O) groups excluding carboxylic acids is 3. The number of anilines is 1. The Bertz CT molecular complexity index is 1210. The van der Waals surface area contributed by atoms with E-state index in [0.717, 1.165) is 23.3 Å². The third-order valence-corrected chi connectivity index (χ3v) is 8.83. The first-order valence-electron chi connectivity index (χ1n) is 11.2. The molecule has 0 spiro atoms. The first-order valence-corrected chi connectivity index (χ1v) is 13.5. The number of amides is 3. The number of sulfonamides is 1. The molecule has 2 N–H and O–H groups in total. The Kier molecular flexibility index (Phi) is 8.51. The molecule has 35 heavy (non-hydrogen) atoms. The fourth-order valence-electron chi connectivity index (χ4n) is 3.78. The summed E-state index contributed by atoms with van der Waals surface area (Å²) in [5, 5.41) is 5.77. The monoisotopic (exact) mass is 522 g/mol. The van der Waals surface area contributed by atoms with E-state index in [4.69, 9.17) is 4.74 Å². The Morgan fingerprint density at radius 3 is 2.46 bits per heavy atom. The normalized spacial score (nSPS) is 13.3.